The third kappa shape index (κ3) is 4.37. The van der Waals surface area contributed by atoms with Crippen LogP contribution in [0.4, 0.5) is 5.69 Å². The maximum Gasteiger partial charge on any atom is 0.321 e. The number of likely N-dealkylation sites (N-methyl/N-ethyl adjacent to an activating group) is 1. The highest BCUT2D eigenvalue weighted by Crippen LogP contribution is 2.18. The molecule has 0 N–H and O–H groups in total. The summed E-state index contributed by atoms with van der Waals surface area (Å²) in [7, 11) is -2.72. The minimum atomic E-state index is -3.93. The van der Waals surface area contributed by atoms with Crippen LogP contribution in [-0.4, -0.2) is 43.3 Å². The number of rotatable bonds is 7. The normalized spacial score (nSPS) is 12.7. The maximum absolute atomic E-state index is 12.2. The lowest BCUT2D eigenvalue weighted by Gasteiger charge is -2.17. The summed E-state index contributed by atoms with van der Waals surface area (Å²) in [6.45, 7) is 4.57. The maximum atomic E-state index is 12.2. The smallest absolute Gasteiger partial charge is 0.321 e. The number of sulfonamides is 1. The highest BCUT2D eigenvalue weighted by atomic mass is 32.2. The molecule has 9 heteroatoms. The molecule has 0 fully saturated rings. The van der Waals surface area contributed by atoms with E-state index in [1.54, 1.807) is 6.92 Å². The van der Waals surface area contributed by atoms with Crippen molar-refractivity contribution in [3.63, 3.8) is 0 Å². The number of nitro groups is 1. The van der Waals surface area contributed by atoms with Gasteiger partial charge >= 0.3 is 5.97 Å². The second-order valence-electron chi connectivity index (χ2n) is 4.44. The van der Waals surface area contributed by atoms with Crippen molar-refractivity contribution in [2.24, 2.45) is 0 Å². The van der Waals surface area contributed by atoms with Crippen molar-refractivity contribution < 1.29 is 22.9 Å². The predicted molar refractivity (Wildman–Crippen MR) is 78.7 cm³/mol. The third-order valence-electron chi connectivity index (χ3n) is 2.76. The Morgan fingerprint density at radius 3 is 2.45 bits per heavy atom. The van der Waals surface area contributed by atoms with Gasteiger partial charge in [0.05, 0.1) is 9.82 Å². The molecular weight excluding hydrogens is 312 g/mol. The Hall–Kier alpha value is -2.26. The van der Waals surface area contributed by atoms with Gasteiger partial charge in [-0.15, -0.1) is 0 Å². The van der Waals surface area contributed by atoms with E-state index in [0.717, 1.165) is 28.6 Å². The van der Waals surface area contributed by atoms with Gasteiger partial charge in [0.25, 0.3) is 5.69 Å². The van der Waals surface area contributed by atoms with E-state index in [-0.39, 0.29) is 10.6 Å². The van der Waals surface area contributed by atoms with Gasteiger partial charge in [0, 0.05) is 19.2 Å². The summed E-state index contributed by atoms with van der Waals surface area (Å²) >= 11 is 0. The van der Waals surface area contributed by atoms with Crippen LogP contribution in [0.3, 0.4) is 0 Å². The van der Waals surface area contributed by atoms with Gasteiger partial charge in [-0.25, -0.2) is 8.42 Å². The Morgan fingerprint density at radius 1 is 1.45 bits per heavy atom. The largest absolute Gasteiger partial charge is 0.457 e. The lowest BCUT2D eigenvalue weighted by molar-refractivity contribution is -0.384. The molecule has 1 unspecified atom stereocenters. The van der Waals surface area contributed by atoms with E-state index in [2.05, 4.69) is 6.58 Å². The highest BCUT2D eigenvalue weighted by molar-refractivity contribution is 7.89. The van der Waals surface area contributed by atoms with Gasteiger partial charge in [-0.05, 0) is 19.1 Å². The summed E-state index contributed by atoms with van der Waals surface area (Å²) in [5.74, 6) is -0.722. The van der Waals surface area contributed by atoms with Gasteiger partial charge < -0.3 is 4.74 Å². The number of hydrogen-bond acceptors (Lipinski definition) is 6. The van der Waals surface area contributed by atoms with Crippen molar-refractivity contribution in [2.45, 2.75) is 17.9 Å². The first-order chi connectivity index (χ1) is 10.2. The molecular formula is C13H16N2O6S. The summed E-state index contributed by atoms with van der Waals surface area (Å²) in [4.78, 5) is 21.3. The van der Waals surface area contributed by atoms with Gasteiger partial charge in [-0.1, -0.05) is 12.7 Å². The SMILES string of the molecule is C=CC(C)OC(=O)CN(C)S(=O)(=O)c1ccc([N+](=O)[O-])cc1. The number of nitrogens with zero attached hydrogens (tertiary/aromatic N) is 2. The summed E-state index contributed by atoms with van der Waals surface area (Å²) in [6, 6.07) is 4.39. The first kappa shape index (κ1) is 17.8. The van der Waals surface area contributed by atoms with E-state index in [0.29, 0.717) is 0 Å². The molecule has 0 heterocycles. The van der Waals surface area contributed by atoms with Crippen LogP contribution in [0, 0.1) is 10.1 Å². The second-order valence-corrected chi connectivity index (χ2v) is 6.49. The molecule has 0 aromatic heterocycles. The average molecular weight is 328 g/mol. The summed E-state index contributed by atoms with van der Waals surface area (Å²) < 4.78 is 30.2. The number of carbonyl (C=O) groups is 1. The number of carbonyl (C=O) groups excluding carboxylic acids is 1. The molecule has 22 heavy (non-hydrogen) atoms. The van der Waals surface area contributed by atoms with E-state index in [9.17, 15) is 23.3 Å². The van der Waals surface area contributed by atoms with E-state index in [1.807, 2.05) is 0 Å². The van der Waals surface area contributed by atoms with Gasteiger partial charge in [-0.2, -0.15) is 4.31 Å². The Balaban J connectivity index is 2.86. The molecule has 0 spiro atoms. The van der Waals surface area contributed by atoms with Crippen LogP contribution in [0.25, 0.3) is 0 Å². The number of benzene rings is 1. The molecule has 1 atom stereocenters. The quantitative estimate of drug-likeness (QED) is 0.323. The van der Waals surface area contributed by atoms with Crippen LogP contribution < -0.4 is 0 Å². The first-order valence-electron chi connectivity index (χ1n) is 6.21. The van der Waals surface area contributed by atoms with Gasteiger partial charge in [0.1, 0.15) is 12.6 Å². The number of nitro benzene ring substituents is 1. The average Bonchev–Trinajstić information content (AvgIpc) is 2.46. The lowest BCUT2D eigenvalue weighted by atomic mass is 10.3. The van der Waals surface area contributed by atoms with Crippen LogP contribution in [-0.2, 0) is 19.6 Å². The standard InChI is InChI=1S/C13H16N2O6S/c1-4-10(2)21-13(16)9-14(3)22(19,20)12-7-5-11(6-8-12)15(17)18/h4-8,10H,1,9H2,2-3H3. The van der Waals surface area contributed by atoms with Crippen molar-refractivity contribution in [3.8, 4) is 0 Å². The predicted octanol–water partition coefficient (Wildman–Crippen LogP) is 1.33. The minimum Gasteiger partial charge on any atom is -0.457 e. The Bertz CT molecular complexity index is 668. The third-order valence-corrected chi connectivity index (χ3v) is 4.57. The Morgan fingerprint density at radius 2 is 2.00 bits per heavy atom. The van der Waals surface area contributed by atoms with E-state index in [4.69, 9.17) is 4.74 Å². The van der Waals surface area contributed by atoms with E-state index in [1.165, 1.54) is 13.1 Å². The van der Waals surface area contributed by atoms with Crippen LogP contribution in [0.2, 0.25) is 0 Å². The van der Waals surface area contributed by atoms with E-state index < -0.39 is 33.6 Å². The molecule has 120 valence electrons. The lowest BCUT2D eigenvalue weighted by Crippen LogP contribution is -2.34. The Kier molecular flexibility index (Phi) is 5.77. The number of non-ortho nitro benzene ring substituents is 1. The second kappa shape index (κ2) is 7.14. The number of esters is 1. The van der Waals surface area contributed by atoms with Crippen LogP contribution in [0.15, 0.2) is 41.8 Å². The summed E-state index contributed by atoms with van der Waals surface area (Å²) in [5.41, 5.74) is -0.221. The zero-order chi connectivity index (χ0) is 16.9. The van der Waals surface area contributed by atoms with E-state index >= 15 is 0 Å². The molecule has 0 aliphatic heterocycles. The molecule has 1 aromatic rings. The van der Waals surface area contributed by atoms with Crippen LogP contribution >= 0.6 is 0 Å². The first-order valence-corrected chi connectivity index (χ1v) is 7.65. The van der Waals surface area contributed by atoms with Crippen molar-refractivity contribution in [3.05, 3.63) is 47.0 Å². The van der Waals surface area contributed by atoms with Crippen molar-refractivity contribution in [1.82, 2.24) is 4.31 Å². The fourth-order valence-corrected chi connectivity index (χ4v) is 2.59. The van der Waals surface area contributed by atoms with Gasteiger partial charge in [0.2, 0.25) is 10.0 Å². The fourth-order valence-electron chi connectivity index (χ4n) is 1.48. The van der Waals surface area contributed by atoms with Crippen molar-refractivity contribution in [2.75, 3.05) is 13.6 Å². The van der Waals surface area contributed by atoms with Crippen molar-refractivity contribution >= 4 is 21.7 Å². The molecule has 0 amide bonds. The molecule has 0 saturated heterocycles. The molecule has 0 saturated carbocycles. The molecule has 8 nitrogen and oxygen atoms in total. The number of ether oxygens (including phenoxy) is 1. The zero-order valence-electron chi connectivity index (χ0n) is 12.1. The van der Waals surface area contributed by atoms with Crippen LogP contribution in [0.1, 0.15) is 6.92 Å². The van der Waals surface area contributed by atoms with Crippen molar-refractivity contribution in [1.29, 1.82) is 0 Å². The van der Waals surface area contributed by atoms with Crippen LogP contribution in [0.5, 0.6) is 0 Å². The molecule has 1 aromatic carbocycles. The summed E-state index contributed by atoms with van der Waals surface area (Å²) in [5, 5.41) is 10.5. The van der Waals surface area contributed by atoms with Gasteiger partial charge in [-0.3, -0.25) is 14.9 Å². The Labute approximate surface area is 128 Å². The monoisotopic (exact) mass is 328 g/mol. The summed E-state index contributed by atoms with van der Waals surface area (Å²) in [6.07, 6.45) is 0.880. The molecule has 0 bridgehead atoms. The molecule has 1 rings (SSSR count). The van der Waals surface area contributed by atoms with Gasteiger partial charge in [0.15, 0.2) is 0 Å². The highest BCUT2D eigenvalue weighted by Gasteiger charge is 2.24. The molecule has 0 aliphatic rings. The topological polar surface area (TPSA) is 107 Å². The molecule has 0 radical (unpaired) electrons. The minimum absolute atomic E-state index is 0.148. The fraction of sp³-hybridized carbons (Fsp3) is 0.308. The number of hydrogen-bond donors (Lipinski definition) is 0. The zero-order valence-corrected chi connectivity index (χ0v) is 12.9. The molecule has 0 aliphatic carbocycles.